The maximum Gasteiger partial charge on any atom is 0.110 e. The zero-order chi connectivity index (χ0) is 8.43. The largest absolute Gasteiger partial charge is 0.394 e. The minimum absolute atomic E-state index is 0.170. The molecule has 4 atom stereocenters. The Hall–Kier alpha value is -0.200. The highest BCUT2D eigenvalue weighted by Gasteiger charge is 2.35. The molecule has 5 N–H and O–H groups in total. The van der Waals surface area contributed by atoms with Crippen LogP contribution in [-0.2, 0) is 4.74 Å². The molecule has 0 spiro atoms. The van der Waals surface area contributed by atoms with Crippen molar-refractivity contribution < 1.29 is 20.1 Å². The first-order valence-corrected chi connectivity index (χ1v) is 3.51. The van der Waals surface area contributed by atoms with E-state index in [9.17, 15) is 10.2 Å². The molecule has 1 unspecified atom stereocenters. The highest BCUT2D eigenvalue weighted by atomic mass is 16.5. The summed E-state index contributed by atoms with van der Waals surface area (Å²) in [5.41, 5.74) is 5.37. The molecule has 1 saturated heterocycles. The Balaban J connectivity index is 2.52. The van der Waals surface area contributed by atoms with Crippen molar-refractivity contribution in [1.82, 2.24) is 0 Å². The van der Waals surface area contributed by atoms with E-state index >= 15 is 0 Å². The summed E-state index contributed by atoms with van der Waals surface area (Å²) in [5.74, 6) is 0. The lowest BCUT2D eigenvalue weighted by Crippen LogP contribution is -2.57. The Kier molecular flexibility index (Phi) is 2.80. The van der Waals surface area contributed by atoms with Gasteiger partial charge in [0, 0.05) is 0 Å². The Bertz CT molecular complexity index is 130. The van der Waals surface area contributed by atoms with Gasteiger partial charge in [0.2, 0.25) is 0 Å². The van der Waals surface area contributed by atoms with Crippen molar-refractivity contribution in [1.29, 1.82) is 0 Å². The van der Waals surface area contributed by atoms with E-state index in [4.69, 9.17) is 15.6 Å². The van der Waals surface area contributed by atoms with Crippen LogP contribution in [0.1, 0.15) is 0 Å². The second-order valence-corrected chi connectivity index (χ2v) is 2.70. The van der Waals surface area contributed by atoms with Crippen molar-refractivity contribution in [2.24, 2.45) is 5.73 Å². The number of ether oxygens (including phenoxy) is 1. The maximum atomic E-state index is 9.19. The molecule has 0 aliphatic carbocycles. The molecule has 1 heterocycles. The fourth-order valence-corrected chi connectivity index (χ4v) is 1.07. The Labute approximate surface area is 64.4 Å². The summed E-state index contributed by atoms with van der Waals surface area (Å²) < 4.78 is 4.94. The van der Waals surface area contributed by atoms with Crippen molar-refractivity contribution in [3.8, 4) is 0 Å². The van der Waals surface area contributed by atoms with Crippen LogP contribution in [0.5, 0.6) is 0 Å². The number of aliphatic hydroxyl groups excluding tert-OH is 3. The van der Waals surface area contributed by atoms with Crippen molar-refractivity contribution >= 4 is 0 Å². The van der Waals surface area contributed by atoms with Crippen LogP contribution in [0.15, 0.2) is 0 Å². The van der Waals surface area contributed by atoms with Gasteiger partial charge in [-0.3, -0.25) is 0 Å². The topological polar surface area (TPSA) is 95.9 Å². The standard InChI is InChI=1S/C6H13NO4/c7-3-2-11-4(1-8)6(10)5(3)9/h3-6,8-10H,1-2,7H2/t3?,4-,5+,6-/m1/s1. The molecule has 66 valence electrons. The third-order valence-corrected chi connectivity index (χ3v) is 1.85. The Morgan fingerprint density at radius 1 is 1.36 bits per heavy atom. The van der Waals surface area contributed by atoms with Gasteiger partial charge in [0.05, 0.1) is 25.4 Å². The molecular formula is C6H13NO4. The first kappa shape index (κ1) is 8.89. The van der Waals surface area contributed by atoms with E-state index in [-0.39, 0.29) is 13.2 Å². The SMILES string of the molecule is NC1CO[C@H](CO)[C@@H](O)[C@H]1O. The third kappa shape index (κ3) is 1.69. The van der Waals surface area contributed by atoms with Gasteiger partial charge in [-0.2, -0.15) is 0 Å². The molecule has 0 aromatic rings. The smallest absolute Gasteiger partial charge is 0.110 e. The van der Waals surface area contributed by atoms with Crippen molar-refractivity contribution in [2.45, 2.75) is 24.4 Å². The van der Waals surface area contributed by atoms with E-state index in [1.165, 1.54) is 0 Å². The number of hydrogen-bond acceptors (Lipinski definition) is 5. The lowest BCUT2D eigenvalue weighted by molar-refractivity contribution is -0.156. The quantitative estimate of drug-likeness (QED) is 0.340. The molecular weight excluding hydrogens is 150 g/mol. The minimum atomic E-state index is -1.08. The monoisotopic (exact) mass is 163 g/mol. The summed E-state index contributed by atoms with van der Waals surface area (Å²) in [6, 6.07) is -0.562. The highest BCUT2D eigenvalue weighted by molar-refractivity contribution is 4.88. The number of rotatable bonds is 1. The maximum absolute atomic E-state index is 9.19. The zero-order valence-corrected chi connectivity index (χ0v) is 6.05. The summed E-state index contributed by atoms with van der Waals surface area (Å²) in [5, 5.41) is 27.0. The van der Waals surface area contributed by atoms with Gasteiger partial charge in [0.1, 0.15) is 12.2 Å². The third-order valence-electron chi connectivity index (χ3n) is 1.85. The van der Waals surface area contributed by atoms with Gasteiger partial charge in [0.25, 0.3) is 0 Å². The molecule has 0 bridgehead atoms. The van der Waals surface area contributed by atoms with E-state index in [1.54, 1.807) is 0 Å². The zero-order valence-electron chi connectivity index (χ0n) is 6.05. The van der Waals surface area contributed by atoms with Crippen molar-refractivity contribution in [3.05, 3.63) is 0 Å². The molecule has 1 rings (SSSR count). The van der Waals surface area contributed by atoms with E-state index in [1.807, 2.05) is 0 Å². The van der Waals surface area contributed by atoms with Gasteiger partial charge in [-0.25, -0.2) is 0 Å². The van der Waals surface area contributed by atoms with E-state index in [0.717, 1.165) is 0 Å². The second-order valence-electron chi connectivity index (χ2n) is 2.70. The average molecular weight is 163 g/mol. The Morgan fingerprint density at radius 2 is 2.00 bits per heavy atom. The molecule has 0 saturated carbocycles. The van der Waals surface area contributed by atoms with Crippen molar-refractivity contribution in [3.63, 3.8) is 0 Å². The minimum Gasteiger partial charge on any atom is -0.394 e. The van der Waals surface area contributed by atoms with Gasteiger partial charge in [-0.05, 0) is 0 Å². The molecule has 1 aliphatic rings. The van der Waals surface area contributed by atoms with Crippen LogP contribution in [0.25, 0.3) is 0 Å². The average Bonchev–Trinajstić information content (AvgIpc) is 2.01. The van der Waals surface area contributed by atoms with Crippen LogP contribution in [0.3, 0.4) is 0 Å². The lowest BCUT2D eigenvalue weighted by atomic mass is 9.99. The molecule has 5 nitrogen and oxygen atoms in total. The van der Waals surface area contributed by atoms with Gasteiger partial charge in [0.15, 0.2) is 0 Å². The molecule has 0 aromatic heterocycles. The molecule has 0 radical (unpaired) electrons. The van der Waals surface area contributed by atoms with E-state index in [2.05, 4.69) is 0 Å². The van der Waals surface area contributed by atoms with Gasteiger partial charge < -0.3 is 25.8 Å². The summed E-state index contributed by atoms with van der Waals surface area (Å²) >= 11 is 0. The lowest BCUT2D eigenvalue weighted by Gasteiger charge is -2.34. The number of nitrogens with two attached hydrogens (primary N) is 1. The second kappa shape index (κ2) is 3.46. The molecule has 1 fully saturated rings. The van der Waals surface area contributed by atoms with E-state index in [0.29, 0.717) is 0 Å². The van der Waals surface area contributed by atoms with Crippen LogP contribution < -0.4 is 5.73 Å². The highest BCUT2D eigenvalue weighted by Crippen LogP contribution is 2.13. The summed E-state index contributed by atoms with van der Waals surface area (Å²) in [6.07, 6.45) is -2.78. The molecule has 0 aromatic carbocycles. The van der Waals surface area contributed by atoms with Gasteiger partial charge >= 0.3 is 0 Å². The first-order valence-electron chi connectivity index (χ1n) is 3.51. The van der Waals surface area contributed by atoms with Gasteiger partial charge in [-0.15, -0.1) is 0 Å². The van der Waals surface area contributed by atoms with Crippen LogP contribution in [0, 0.1) is 0 Å². The van der Waals surface area contributed by atoms with Crippen LogP contribution in [0.2, 0.25) is 0 Å². The molecule has 5 heteroatoms. The van der Waals surface area contributed by atoms with Crippen LogP contribution in [-0.4, -0.2) is 52.9 Å². The molecule has 1 aliphatic heterocycles. The fourth-order valence-electron chi connectivity index (χ4n) is 1.07. The fraction of sp³-hybridized carbons (Fsp3) is 1.00. The van der Waals surface area contributed by atoms with E-state index < -0.39 is 24.4 Å². The summed E-state index contributed by atoms with van der Waals surface area (Å²) in [4.78, 5) is 0. The van der Waals surface area contributed by atoms with Crippen LogP contribution >= 0.6 is 0 Å². The summed E-state index contributed by atoms with van der Waals surface area (Å²) in [6.45, 7) is -0.131. The normalized spacial score (nSPS) is 45.8. The van der Waals surface area contributed by atoms with Crippen molar-refractivity contribution in [2.75, 3.05) is 13.2 Å². The predicted molar refractivity (Wildman–Crippen MR) is 36.8 cm³/mol. The van der Waals surface area contributed by atoms with Crippen LogP contribution in [0.4, 0.5) is 0 Å². The first-order chi connectivity index (χ1) is 5.16. The Morgan fingerprint density at radius 3 is 2.55 bits per heavy atom. The number of aliphatic hydroxyl groups is 3. The molecule has 0 amide bonds. The predicted octanol–water partition coefficient (Wildman–Crippen LogP) is -2.57. The molecule has 11 heavy (non-hydrogen) atoms. The van der Waals surface area contributed by atoms with Gasteiger partial charge in [-0.1, -0.05) is 0 Å². The summed E-state index contributed by atoms with van der Waals surface area (Å²) in [7, 11) is 0. The number of hydrogen-bond donors (Lipinski definition) is 4.